The van der Waals surface area contributed by atoms with E-state index in [-0.39, 0.29) is 6.01 Å². The summed E-state index contributed by atoms with van der Waals surface area (Å²) in [4.78, 5) is 0. The highest BCUT2D eigenvalue weighted by Crippen LogP contribution is 2.24. The maximum absolute atomic E-state index is 13.4. The number of rotatable bonds is 5. The lowest BCUT2D eigenvalue weighted by molar-refractivity contribution is 0.477. The van der Waals surface area contributed by atoms with Gasteiger partial charge in [0, 0.05) is 18.2 Å². The number of anilines is 2. The molecule has 1 aliphatic carbocycles. The molecule has 5 nitrogen and oxygen atoms in total. The summed E-state index contributed by atoms with van der Waals surface area (Å²) >= 11 is 0. The number of halogens is 3. The SMILES string of the molecule is Fc1cc(F)c(Nc2nnc(CNC3CC3)o2)c(F)c1. The molecular formula is C12H11F3N4O. The number of aromatic nitrogens is 2. The van der Waals surface area contributed by atoms with E-state index in [9.17, 15) is 13.2 Å². The number of nitrogens with one attached hydrogen (secondary N) is 2. The van der Waals surface area contributed by atoms with Crippen LogP contribution in [-0.2, 0) is 6.54 Å². The van der Waals surface area contributed by atoms with Crippen molar-refractivity contribution in [1.82, 2.24) is 15.5 Å². The molecule has 0 spiro atoms. The predicted octanol–water partition coefficient (Wildman–Crippen LogP) is 2.48. The molecule has 20 heavy (non-hydrogen) atoms. The Balaban J connectivity index is 1.70. The van der Waals surface area contributed by atoms with Gasteiger partial charge in [-0.15, -0.1) is 5.10 Å². The van der Waals surface area contributed by atoms with E-state index in [1.807, 2.05) is 0 Å². The summed E-state index contributed by atoms with van der Waals surface area (Å²) in [6.45, 7) is 0.397. The molecule has 0 atom stereocenters. The molecule has 1 aliphatic rings. The smallest absolute Gasteiger partial charge is 0.320 e. The molecule has 0 aliphatic heterocycles. The largest absolute Gasteiger partial charge is 0.406 e. The van der Waals surface area contributed by atoms with Crippen molar-refractivity contribution >= 4 is 11.7 Å². The molecule has 2 N–H and O–H groups in total. The maximum Gasteiger partial charge on any atom is 0.320 e. The van der Waals surface area contributed by atoms with Gasteiger partial charge in [-0.3, -0.25) is 0 Å². The second kappa shape index (κ2) is 5.12. The fourth-order valence-corrected chi connectivity index (χ4v) is 1.66. The summed E-state index contributed by atoms with van der Waals surface area (Å²) < 4.78 is 44.8. The average Bonchev–Trinajstić information content (AvgIpc) is 3.11. The van der Waals surface area contributed by atoms with Gasteiger partial charge < -0.3 is 15.1 Å². The Hall–Kier alpha value is -2.09. The molecule has 106 valence electrons. The average molecular weight is 284 g/mol. The first kappa shape index (κ1) is 12.9. The van der Waals surface area contributed by atoms with Gasteiger partial charge in [-0.2, -0.15) is 0 Å². The molecular weight excluding hydrogens is 273 g/mol. The van der Waals surface area contributed by atoms with Gasteiger partial charge >= 0.3 is 6.01 Å². The first-order valence-corrected chi connectivity index (χ1v) is 6.09. The Morgan fingerprint density at radius 3 is 2.50 bits per heavy atom. The minimum Gasteiger partial charge on any atom is -0.406 e. The fraction of sp³-hybridized carbons (Fsp3) is 0.333. The predicted molar refractivity (Wildman–Crippen MR) is 63.8 cm³/mol. The van der Waals surface area contributed by atoms with Gasteiger partial charge in [0.05, 0.1) is 6.54 Å². The lowest BCUT2D eigenvalue weighted by Gasteiger charge is -2.04. The zero-order valence-electron chi connectivity index (χ0n) is 10.3. The molecule has 0 saturated heterocycles. The molecule has 1 aromatic heterocycles. The van der Waals surface area contributed by atoms with Gasteiger partial charge in [-0.05, 0) is 12.8 Å². The second-order valence-electron chi connectivity index (χ2n) is 4.53. The van der Waals surface area contributed by atoms with Crippen LogP contribution in [0.3, 0.4) is 0 Å². The van der Waals surface area contributed by atoms with Crippen molar-refractivity contribution in [2.75, 3.05) is 5.32 Å². The summed E-state index contributed by atoms with van der Waals surface area (Å²) in [5.41, 5.74) is -0.531. The summed E-state index contributed by atoms with van der Waals surface area (Å²) in [5, 5.41) is 12.8. The van der Waals surface area contributed by atoms with Crippen LogP contribution in [0.1, 0.15) is 18.7 Å². The Bertz CT molecular complexity index is 604. The van der Waals surface area contributed by atoms with Crippen molar-refractivity contribution in [2.45, 2.75) is 25.4 Å². The van der Waals surface area contributed by atoms with E-state index in [4.69, 9.17) is 4.42 Å². The summed E-state index contributed by atoms with van der Waals surface area (Å²) in [5.74, 6) is -2.83. The van der Waals surface area contributed by atoms with Crippen LogP contribution in [0.25, 0.3) is 0 Å². The van der Waals surface area contributed by atoms with Crippen molar-refractivity contribution in [3.8, 4) is 0 Å². The Morgan fingerprint density at radius 1 is 1.15 bits per heavy atom. The van der Waals surface area contributed by atoms with Crippen molar-refractivity contribution in [3.05, 3.63) is 35.5 Å². The van der Waals surface area contributed by atoms with E-state index in [2.05, 4.69) is 20.8 Å². The Kier molecular flexibility index (Phi) is 3.31. The lowest BCUT2D eigenvalue weighted by atomic mass is 10.3. The van der Waals surface area contributed by atoms with Crippen LogP contribution in [0.4, 0.5) is 24.9 Å². The highest BCUT2D eigenvalue weighted by molar-refractivity contribution is 5.53. The van der Waals surface area contributed by atoms with E-state index in [1.165, 1.54) is 0 Å². The van der Waals surface area contributed by atoms with Crippen LogP contribution in [0.5, 0.6) is 0 Å². The summed E-state index contributed by atoms with van der Waals surface area (Å²) in [6, 6.07) is 1.46. The van der Waals surface area contributed by atoms with Gasteiger partial charge in [0.2, 0.25) is 5.89 Å². The van der Waals surface area contributed by atoms with Crippen LogP contribution in [0.2, 0.25) is 0 Å². The van der Waals surface area contributed by atoms with E-state index >= 15 is 0 Å². The van der Waals surface area contributed by atoms with E-state index in [0.29, 0.717) is 30.6 Å². The first-order chi connectivity index (χ1) is 9.61. The standard InChI is InChI=1S/C12H11F3N4O/c13-6-3-8(14)11(9(15)4-6)17-12-19-18-10(20-12)5-16-7-1-2-7/h3-4,7,16H,1-2,5H2,(H,17,19). The van der Waals surface area contributed by atoms with Crippen molar-refractivity contribution in [2.24, 2.45) is 0 Å². The van der Waals surface area contributed by atoms with E-state index in [0.717, 1.165) is 12.8 Å². The number of benzene rings is 1. The number of nitrogens with zero attached hydrogens (tertiary/aromatic N) is 2. The number of hydrogen-bond acceptors (Lipinski definition) is 5. The van der Waals surface area contributed by atoms with Crippen molar-refractivity contribution in [3.63, 3.8) is 0 Å². The van der Waals surface area contributed by atoms with E-state index in [1.54, 1.807) is 0 Å². The third kappa shape index (κ3) is 2.90. The van der Waals surface area contributed by atoms with E-state index < -0.39 is 23.1 Å². The van der Waals surface area contributed by atoms with Crippen molar-refractivity contribution in [1.29, 1.82) is 0 Å². The normalized spacial score (nSPS) is 14.6. The van der Waals surface area contributed by atoms with Gasteiger partial charge in [0.25, 0.3) is 0 Å². The number of hydrogen-bond donors (Lipinski definition) is 2. The third-order valence-electron chi connectivity index (χ3n) is 2.82. The second-order valence-corrected chi connectivity index (χ2v) is 4.53. The summed E-state index contributed by atoms with van der Waals surface area (Å²) in [7, 11) is 0. The third-order valence-corrected chi connectivity index (χ3v) is 2.82. The Labute approximate surface area is 112 Å². The van der Waals surface area contributed by atoms with Gasteiger partial charge in [0.1, 0.15) is 11.5 Å². The zero-order chi connectivity index (χ0) is 14.1. The Morgan fingerprint density at radius 2 is 1.85 bits per heavy atom. The lowest BCUT2D eigenvalue weighted by Crippen LogP contribution is -2.15. The topological polar surface area (TPSA) is 63.0 Å². The molecule has 0 radical (unpaired) electrons. The van der Waals surface area contributed by atoms with Crippen molar-refractivity contribution < 1.29 is 17.6 Å². The molecule has 2 aromatic rings. The fourth-order valence-electron chi connectivity index (χ4n) is 1.66. The molecule has 1 saturated carbocycles. The van der Waals surface area contributed by atoms with Gasteiger partial charge in [-0.25, -0.2) is 13.2 Å². The van der Waals surface area contributed by atoms with Crippen LogP contribution in [-0.4, -0.2) is 16.2 Å². The highest BCUT2D eigenvalue weighted by Gasteiger charge is 2.21. The molecule has 1 aromatic carbocycles. The maximum atomic E-state index is 13.4. The minimum absolute atomic E-state index is 0.151. The van der Waals surface area contributed by atoms with Gasteiger partial charge in [-0.1, -0.05) is 5.10 Å². The molecule has 0 bridgehead atoms. The van der Waals surface area contributed by atoms with Crippen LogP contribution >= 0.6 is 0 Å². The first-order valence-electron chi connectivity index (χ1n) is 6.09. The molecule has 8 heteroatoms. The van der Waals surface area contributed by atoms with Crippen LogP contribution in [0.15, 0.2) is 16.5 Å². The zero-order valence-corrected chi connectivity index (χ0v) is 10.3. The summed E-state index contributed by atoms with van der Waals surface area (Å²) in [6.07, 6.45) is 2.23. The monoisotopic (exact) mass is 284 g/mol. The quantitative estimate of drug-likeness (QED) is 0.883. The molecule has 0 unspecified atom stereocenters. The molecule has 1 fully saturated rings. The van der Waals surface area contributed by atoms with Crippen LogP contribution < -0.4 is 10.6 Å². The minimum atomic E-state index is -1.07. The van der Waals surface area contributed by atoms with Crippen LogP contribution in [0, 0.1) is 17.5 Å². The molecule has 1 heterocycles. The highest BCUT2D eigenvalue weighted by atomic mass is 19.1. The molecule has 3 rings (SSSR count). The molecule has 0 amide bonds. The van der Waals surface area contributed by atoms with Gasteiger partial charge in [0.15, 0.2) is 11.6 Å².